The van der Waals surface area contributed by atoms with E-state index in [0.717, 1.165) is 5.01 Å². The van der Waals surface area contributed by atoms with Gasteiger partial charge in [-0.25, -0.2) is 4.98 Å². The van der Waals surface area contributed by atoms with Gasteiger partial charge in [0.25, 0.3) is 5.91 Å². The second-order valence-electron chi connectivity index (χ2n) is 4.11. The summed E-state index contributed by atoms with van der Waals surface area (Å²) in [5.41, 5.74) is 3.21. The monoisotopic (exact) mass is 238 g/mol. The Morgan fingerprint density at radius 2 is 2.20 bits per heavy atom. The van der Waals surface area contributed by atoms with Gasteiger partial charge in [-0.15, -0.1) is 16.9 Å². The van der Waals surface area contributed by atoms with E-state index >= 15 is 0 Å². The molecule has 3 nitrogen and oxygen atoms in total. The average Bonchev–Trinajstić information content (AvgIpc) is 2.61. The number of carbonyl (C=O) groups is 1. The lowest BCUT2D eigenvalue weighted by atomic mass is 10.5. The topological polar surface area (TPSA) is 42.0 Å². The van der Waals surface area contributed by atoms with Gasteiger partial charge < -0.3 is 5.32 Å². The maximum atomic E-state index is 11.2. The molecule has 1 rings (SSSR count). The Balaban J connectivity index is 2.85. The molecule has 0 bridgehead atoms. The van der Waals surface area contributed by atoms with Crippen LogP contribution in [0.5, 0.6) is 0 Å². The number of nitrogens with zero attached hydrogens (tertiary/aromatic N) is 1. The van der Waals surface area contributed by atoms with E-state index in [1.807, 2.05) is 0 Å². The summed E-state index contributed by atoms with van der Waals surface area (Å²) >= 11 is 1.33. The zero-order chi connectivity index (χ0) is 11.5. The largest absolute Gasteiger partial charge is 0.354 e. The quantitative estimate of drug-likeness (QED) is 0.598. The number of amides is 1. The van der Waals surface area contributed by atoms with Gasteiger partial charge in [-0.3, -0.25) is 4.79 Å². The third-order valence-electron chi connectivity index (χ3n) is 1.50. The molecule has 0 fully saturated rings. The standard InChI is InChI=1S/C10H14N2OSSi/c1-11-10(13)8-7-12-9(14-8)5-6-15(2,3)4/h7H,1-4H3,(H,11,13). The van der Waals surface area contributed by atoms with E-state index in [1.54, 1.807) is 13.2 Å². The minimum Gasteiger partial charge on any atom is -0.354 e. The molecule has 1 heterocycles. The van der Waals surface area contributed by atoms with Gasteiger partial charge in [0.15, 0.2) is 5.01 Å². The van der Waals surface area contributed by atoms with Gasteiger partial charge in [-0.2, -0.15) is 0 Å². The van der Waals surface area contributed by atoms with Crippen molar-refractivity contribution in [3.8, 4) is 11.5 Å². The summed E-state index contributed by atoms with van der Waals surface area (Å²) in [4.78, 5) is 16.0. The van der Waals surface area contributed by atoms with Crippen molar-refractivity contribution >= 4 is 25.3 Å². The fourth-order valence-corrected chi connectivity index (χ4v) is 2.10. The van der Waals surface area contributed by atoms with E-state index in [0.29, 0.717) is 4.88 Å². The van der Waals surface area contributed by atoms with Crippen LogP contribution in [-0.2, 0) is 0 Å². The Kier molecular flexibility index (Phi) is 3.66. The molecule has 0 aromatic carbocycles. The Bertz CT molecular complexity index is 423. The third kappa shape index (κ3) is 3.86. The van der Waals surface area contributed by atoms with Crippen LogP contribution in [0.1, 0.15) is 14.7 Å². The lowest BCUT2D eigenvalue weighted by Crippen LogP contribution is -2.16. The smallest absolute Gasteiger partial charge is 0.262 e. The predicted octanol–water partition coefficient (Wildman–Crippen LogP) is 1.73. The highest BCUT2D eigenvalue weighted by molar-refractivity contribution is 7.14. The molecular weight excluding hydrogens is 224 g/mol. The van der Waals surface area contributed by atoms with E-state index in [9.17, 15) is 4.79 Å². The van der Waals surface area contributed by atoms with Gasteiger partial charge in [0.05, 0.1) is 6.20 Å². The summed E-state index contributed by atoms with van der Waals surface area (Å²) in [6, 6.07) is 0. The lowest BCUT2D eigenvalue weighted by molar-refractivity contribution is 0.0967. The van der Waals surface area contributed by atoms with Crippen molar-refractivity contribution in [1.29, 1.82) is 0 Å². The van der Waals surface area contributed by atoms with Crippen molar-refractivity contribution in [2.75, 3.05) is 7.05 Å². The van der Waals surface area contributed by atoms with E-state index in [4.69, 9.17) is 0 Å². The number of aromatic nitrogens is 1. The predicted molar refractivity (Wildman–Crippen MR) is 65.7 cm³/mol. The SMILES string of the molecule is CNC(=O)c1cnc(C#C[Si](C)(C)C)s1. The molecule has 1 amide bonds. The van der Waals surface area contributed by atoms with Crippen molar-refractivity contribution < 1.29 is 4.79 Å². The molecule has 0 spiro atoms. The fraction of sp³-hybridized carbons (Fsp3) is 0.400. The summed E-state index contributed by atoms with van der Waals surface area (Å²) in [5, 5.41) is 3.28. The van der Waals surface area contributed by atoms with Crippen molar-refractivity contribution in [3.63, 3.8) is 0 Å². The zero-order valence-corrected chi connectivity index (χ0v) is 11.2. The van der Waals surface area contributed by atoms with Crippen LogP contribution in [-0.4, -0.2) is 26.0 Å². The molecule has 5 heteroatoms. The van der Waals surface area contributed by atoms with Gasteiger partial charge >= 0.3 is 0 Å². The normalized spacial score (nSPS) is 10.4. The maximum Gasteiger partial charge on any atom is 0.262 e. The molecule has 0 saturated carbocycles. The minimum absolute atomic E-state index is 0.103. The first kappa shape index (κ1) is 11.9. The first-order chi connectivity index (χ1) is 6.92. The van der Waals surface area contributed by atoms with Gasteiger partial charge in [-0.1, -0.05) is 19.6 Å². The molecule has 0 aliphatic rings. The molecule has 1 N–H and O–H groups in total. The summed E-state index contributed by atoms with van der Waals surface area (Å²) in [5.74, 6) is 2.92. The molecule has 1 aromatic rings. The van der Waals surface area contributed by atoms with Crippen molar-refractivity contribution in [2.45, 2.75) is 19.6 Å². The van der Waals surface area contributed by atoms with Crippen molar-refractivity contribution in [1.82, 2.24) is 10.3 Å². The zero-order valence-electron chi connectivity index (χ0n) is 9.34. The number of rotatable bonds is 1. The number of thiazole rings is 1. The van der Waals surface area contributed by atoms with Crippen LogP contribution in [0.3, 0.4) is 0 Å². The molecule has 15 heavy (non-hydrogen) atoms. The van der Waals surface area contributed by atoms with E-state index < -0.39 is 8.07 Å². The number of carbonyl (C=O) groups excluding carboxylic acids is 1. The Hall–Kier alpha value is -1.12. The van der Waals surface area contributed by atoms with Crippen LogP contribution in [0.25, 0.3) is 0 Å². The average molecular weight is 238 g/mol. The lowest BCUT2D eigenvalue weighted by Gasteiger charge is -2.02. The second kappa shape index (κ2) is 4.60. The number of hydrogen-bond acceptors (Lipinski definition) is 3. The fourth-order valence-electron chi connectivity index (χ4n) is 0.801. The van der Waals surface area contributed by atoms with E-state index in [-0.39, 0.29) is 5.91 Å². The molecule has 0 unspecified atom stereocenters. The van der Waals surface area contributed by atoms with Crippen LogP contribution >= 0.6 is 11.3 Å². The molecule has 0 atom stereocenters. The van der Waals surface area contributed by atoms with Gasteiger partial charge in [0, 0.05) is 7.05 Å². The highest BCUT2D eigenvalue weighted by Gasteiger charge is 2.09. The van der Waals surface area contributed by atoms with Gasteiger partial charge in [0.1, 0.15) is 13.0 Å². The third-order valence-corrected chi connectivity index (χ3v) is 3.29. The summed E-state index contributed by atoms with van der Waals surface area (Å²) in [6.07, 6.45) is 1.57. The Labute approximate surface area is 94.9 Å². The first-order valence-corrected chi connectivity index (χ1v) is 8.95. The molecule has 1 aromatic heterocycles. The Morgan fingerprint density at radius 1 is 1.53 bits per heavy atom. The maximum absolute atomic E-state index is 11.2. The first-order valence-electron chi connectivity index (χ1n) is 4.63. The second-order valence-corrected chi connectivity index (χ2v) is 9.89. The Morgan fingerprint density at radius 3 is 2.73 bits per heavy atom. The number of nitrogens with one attached hydrogen (secondary N) is 1. The van der Waals surface area contributed by atoms with E-state index in [1.165, 1.54) is 11.3 Å². The summed E-state index contributed by atoms with van der Waals surface area (Å²) in [7, 11) is 0.245. The van der Waals surface area contributed by atoms with Crippen LogP contribution in [0, 0.1) is 11.5 Å². The van der Waals surface area contributed by atoms with E-state index in [2.05, 4.69) is 41.4 Å². The van der Waals surface area contributed by atoms with Crippen molar-refractivity contribution in [2.24, 2.45) is 0 Å². The number of hydrogen-bond donors (Lipinski definition) is 1. The highest BCUT2D eigenvalue weighted by Crippen LogP contribution is 2.11. The molecule has 80 valence electrons. The van der Waals surface area contributed by atoms with Gasteiger partial charge in [-0.05, 0) is 5.92 Å². The van der Waals surface area contributed by atoms with Crippen molar-refractivity contribution in [3.05, 3.63) is 16.1 Å². The summed E-state index contributed by atoms with van der Waals surface area (Å²) in [6.45, 7) is 6.52. The molecule has 0 aliphatic carbocycles. The molecular formula is C10H14N2OSSi. The van der Waals surface area contributed by atoms with Gasteiger partial charge in [0.2, 0.25) is 0 Å². The van der Waals surface area contributed by atoms with Crippen LogP contribution < -0.4 is 5.32 Å². The molecule has 0 aliphatic heterocycles. The van der Waals surface area contributed by atoms with Crippen LogP contribution in [0.4, 0.5) is 0 Å². The minimum atomic E-state index is -1.36. The highest BCUT2D eigenvalue weighted by atomic mass is 32.1. The molecule has 0 saturated heterocycles. The van der Waals surface area contributed by atoms with Crippen LogP contribution in [0.15, 0.2) is 6.20 Å². The van der Waals surface area contributed by atoms with Crippen LogP contribution in [0.2, 0.25) is 19.6 Å². The molecule has 0 radical (unpaired) electrons. The summed E-state index contributed by atoms with van der Waals surface area (Å²) < 4.78 is 0.